The van der Waals surface area contributed by atoms with Gasteiger partial charge in [-0.2, -0.15) is 0 Å². The predicted molar refractivity (Wildman–Crippen MR) is 63.5 cm³/mol. The van der Waals surface area contributed by atoms with Crippen LogP contribution in [0.5, 0.6) is 0 Å². The zero-order valence-corrected chi connectivity index (χ0v) is 11.7. The monoisotopic (exact) mass is 254 g/mol. The van der Waals surface area contributed by atoms with Gasteiger partial charge in [-0.1, -0.05) is 6.92 Å². The molecule has 5 nitrogen and oxygen atoms in total. The van der Waals surface area contributed by atoms with Crippen LogP contribution in [0.25, 0.3) is 0 Å². The maximum Gasteiger partial charge on any atom is 0.474 e. The topological polar surface area (TPSA) is 61.8 Å². The summed E-state index contributed by atoms with van der Waals surface area (Å²) in [6.45, 7) is 9.65. The molecular weight excluding hydrogens is 231 g/mol. The lowest BCUT2D eigenvalue weighted by Gasteiger charge is -2.14. The van der Waals surface area contributed by atoms with Crippen LogP contribution in [0.2, 0.25) is 0 Å². The zero-order chi connectivity index (χ0) is 13.0. The molecule has 0 radical (unpaired) electrons. The molecule has 6 heteroatoms. The maximum atomic E-state index is 11.3. The Hall–Kier alpha value is -0.220. The number of Topliss-reactive ketones (excluding diaryl/α,β-unsaturated/α-hetero) is 1. The van der Waals surface area contributed by atoms with Gasteiger partial charge in [-0.15, -0.1) is 0 Å². The van der Waals surface area contributed by atoms with Gasteiger partial charge < -0.3 is 4.79 Å². The van der Waals surface area contributed by atoms with E-state index in [4.69, 9.17) is 13.6 Å². The summed E-state index contributed by atoms with van der Waals surface area (Å²) in [4.78, 5) is 9.81. The third-order valence-electron chi connectivity index (χ3n) is 1.36. The third-order valence-corrected chi connectivity index (χ3v) is 3.08. The van der Waals surface area contributed by atoms with Crippen LogP contribution < -0.4 is 0 Å². The van der Waals surface area contributed by atoms with Gasteiger partial charge in [0, 0.05) is 6.42 Å². The first-order chi connectivity index (χ1) is 7.45. The molecule has 0 N–H and O–H groups in total. The first kappa shape index (κ1) is 18.2. The minimum Gasteiger partial charge on any atom is -0.300 e. The summed E-state index contributed by atoms with van der Waals surface area (Å²) in [6.07, 6.45) is 0.667. The molecule has 0 aromatic carbocycles. The lowest BCUT2D eigenvalue weighted by molar-refractivity contribution is -0.116. The fraction of sp³-hybridized carbons (Fsp3) is 0.900. The van der Waals surface area contributed by atoms with Crippen molar-refractivity contribution in [1.29, 1.82) is 0 Å². The molecule has 0 aliphatic heterocycles. The molecule has 0 aromatic rings. The van der Waals surface area contributed by atoms with Crippen LogP contribution in [-0.2, 0) is 22.9 Å². The minimum absolute atomic E-state index is 0.255. The van der Waals surface area contributed by atoms with E-state index < -0.39 is 7.82 Å². The van der Waals surface area contributed by atoms with Crippen LogP contribution in [-0.4, -0.2) is 25.6 Å². The molecule has 0 aromatic heterocycles. The van der Waals surface area contributed by atoms with Crippen molar-refractivity contribution in [3.8, 4) is 0 Å². The quantitative estimate of drug-likeness (QED) is 0.653. The highest BCUT2D eigenvalue weighted by molar-refractivity contribution is 7.48. The zero-order valence-electron chi connectivity index (χ0n) is 10.8. The van der Waals surface area contributed by atoms with Gasteiger partial charge in [0.15, 0.2) is 0 Å². The normalized spacial score (nSPS) is 10.6. The minimum atomic E-state index is -3.22. The number of carbonyl (C=O) groups excluding carboxylic acids is 1. The molecule has 16 heavy (non-hydrogen) atoms. The summed E-state index contributed by atoms with van der Waals surface area (Å²) in [6, 6.07) is 0. The highest BCUT2D eigenvalue weighted by atomic mass is 31.2. The van der Waals surface area contributed by atoms with Crippen molar-refractivity contribution in [3.05, 3.63) is 0 Å². The van der Waals surface area contributed by atoms with Crippen molar-refractivity contribution in [2.24, 2.45) is 0 Å². The summed E-state index contributed by atoms with van der Waals surface area (Å²) in [7, 11) is -3.22. The molecule has 0 saturated heterocycles. The van der Waals surface area contributed by atoms with Crippen molar-refractivity contribution in [2.75, 3.05) is 19.8 Å². The second-order valence-corrected chi connectivity index (χ2v) is 4.43. The number of hydrogen-bond donors (Lipinski definition) is 0. The molecule has 0 bridgehead atoms. The van der Waals surface area contributed by atoms with E-state index in [0.717, 1.165) is 0 Å². The molecule has 0 aliphatic rings. The Morgan fingerprint density at radius 3 is 1.31 bits per heavy atom. The van der Waals surface area contributed by atoms with E-state index in [9.17, 15) is 9.36 Å². The Kier molecular flexibility index (Phi) is 12.8. The van der Waals surface area contributed by atoms with Crippen LogP contribution in [0.1, 0.15) is 41.0 Å². The van der Waals surface area contributed by atoms with Gasteiger partial charge >= 0.3 is 7.82 Å². The number of hydrogen-bond acceptors (Lipinski definition) is 5. The lowest BCUT2D eigenvalue weighted by Crippen LogP contribution is -1.99. The second-order valence-electron chi connectivity index (χ2n) is 2.76. The van der Waals surface area contributed by atoms with E-state index in [2.05, 4.69) is 0 Å². The van der Waals surface area contributed by atoms with Crippen LogP contribution in [0.4, 0.5) is 0 Å². The summed E-state index contributed by atoms with van der Waals surface area (Å²) in [5.74, 6) is 0.255. The molecule has 0 amide bonds. The molecule has 0 aliphatic carbocycles. The highest BCUT2D eigenvalue weighted by Crippen LogP contribution is 2.48. The van der Waals surface area contributed by atoms with Crippen molar-refractivity contribution < 1.29 is 22.9 Å². The SMILES string of the molecule is CCC(C)=O.CCOP(=O)(OCC)OCC. The molecule has 0 atom stereocenters. The maximum absolute atomic E-state index is 11.3. The smallest absolute Gasteiger partial charge is 0.300 e. The molecule has 0 unspecified atom stereocenters. The summed E-state index contributed by atoms with van der Waals surface area (Å²) >= 11 is 0. The van der Waals surface area contributed by atoms with Crippen molar-refractivity contribution in [2.45, 2.75) is 41.0 Å². The van der Waals surface area contributed by atoms with Crippen LogP contribution in [0.3, 0.4) is 0 Å². The molecule has 0 rings (SSSR count). The van der Waals surface area contributed by atoms with Crippen LogP contribution in [0.15, 0.2) is 0 Å². The van der Waals surface area contributed by atoms with Gasteiger partial charge in [0.25, 0.3) is 0 Å². The Morgan fingerprint density at radius 1 is 0.938 bits per heavy atom. The first-order valence-electron chi connectivity index (χ1n) is 5.48. The van der Waals surface area contributed by atoms with Gasteiger partial charge in [-0.25, -0.2) is 4.57 Å². The third kappa shape index (κ3) is 11.9. The number of phosphoric ester groups is 1. The summed E-state index contributed by atoms with van der Waals surface area (Å²) in [5, 5.41) is 0. The van der Waals surface area contributed by atoms with E-state index in [0.29, 0.717) is 26.2 Å². The number of phosphoric acid groups is 1. The number of carbonyl (C=O) groups is 1. The number of rotatable bonds is 7. The molecular formula is C10H23O5P. The average Bonchev–Trinajstić information content (AvgIpc) is 2.19. The standard InChI is InChI=1S/C6H15O4P.C4H8O/c1-4-8-11(7,9-5-2)10-6-3;1-3-4(2)5/h4-6H2,1-3H3;3H2,1-2H3. The predicted octanol–water partition coefficient (Wildman–Crippen LogP) is 3.19. The van der Waals surface area contributed by atoms with Gasteiger partial charge in [0.1, 0.15) is 5.78 Å². The van der Waals surface area contributed by atoms with E-state index in [1.807, 2.05) is 6.92 Å². The Balaban J connectivity index is 0. The molecule has 0 heterocycles. The van der Waals surface area contributed by atoms with E-state index in [-0.39, 0.29) is 5.78 Å². The average molecular weight is 254 g/mol. The number of ketones is 1. The van der Waals surface area contributed by atoms with Crippen molar-refractivity contribution >= 4 is 13.6 Å². The van der Waals surface area contributed by atoms with Gasteiger partial charge in [0.05, 0.1) is 19.8 Å². The molecule has 0 fully saturated rings. The van der Waals surface area contributed by atoms with Crippen molar-refractivity contribution in [3.63, 3.8) is 0 Å². The van der Waals surface area contributed by atoms with E-state index >= 15 is 0 Å². The Morgan fingerprint density at radius 2 is 1.19 bits per heavy atom. The van der Waals surface area contributed by atoms with Gasteiger partial charge in [-0.3, -0.25) is 13.6 Å². The molecule has 0 saturated carbocycles. The van der Waals surface area contributed by atoms with Gasteiger partial charge in [0.2, 0.25) is 0 Å². The second kappa shape index (κ2) is 11.3. The Bertz CT molecular complexity index is 193. The lowest BCUT2D eigenvalue weighted by atomic mass is 10.4. The van der Waals surface area contributed by atoms with Gasteiger partial charge in [-0.05, 0) is 27.7 Å². The van der Waals surface area contributed by atoms with Crippen molar-refractivity contribution in [1.82, 2.24) is 0 Å². The fourth-order valence-corrected chi connectivity index (χ4v) is 1.76. The van der Waals surface area contributed by atoms with E-state index in [1.165, 1.54) is 0 Å². The summed E-state index contributed by atoms with van der Waals surface area (Å²) < 4.78 is 25.8. The van der Waals surface area contributed by atoms with Crippen LogP contribution >= 0.6 is 7.82 Å². The fourth-order valence-electron chi connectivity index (χ4n) is 0.586. The first-order valence-corrected chi connectivity index (χ1v) is 6.94. The largest absolute Gasteiger partial charge is 0.474 e. The molecule has 98 valence electrons. The summed E-state index contributed by atoms with van der Waals surface area (Å²) in [5.41, 5.74) is 0. The van der Waals surface area contributed by atoms with Crippen LogP contribution in [0, 0.1) is 0 Å². The Labute approximate surface area is 98.1 Å². The molecule has 0 spiro atoms. The van der Waals surface area contributed by atoms with E-state index in [1.54, 1.807) is 27.7 Å². The highest BCUT2D eigenvalue weighted by Gasteiger charge is 2.23.